The van der Waals surface area contributed by atoms with Crippen LogP contribution in [0.1, 0.15) is 39.2 Å². The predicted octanol–water partition coefficient (Wildman–Crippen LogP) is 3.84. The van der Waals surface area contributed by atoms with Crippen LogP contribution in [0.3, 0.4) is 0 Å². The van der Waals surface area contributed by atoms with Crippen LogP contribution in [-0.2, 0) is 26.2 Å². The number of benzene rings is 2. The highest BCUT2D eigenvalue weighted by molar-refractivity contribution is 7.92. The zero-order chi connectivity index (χ0) is 26.2. The van der Waals surface area contributed by atoms with Crippen molar-refractivity contribution in [1.29, 1.82) is 0 Å². The summed E-state index contributed by atoms with van der Waals surface area (Å²) in [5.41, 5.74) is 1.05. The van der Waals surface area contributed by atoms with Gasteiger partial charge in [0.2, 0.25) is 21.8 Å². The third kappa shape index (κ3) is 8.14. The van der Waals surface area contributed by atoms with Crippen LogP contribution in [0.25, 0.3) is 0 Å². The smallest absolute Gasteiger partial charge is 0.244 e. The molecular formula is C25H34ClN3O5S. The van der Waals surface area contributed by atoms with Crippen molar-refractivity contribution in [2.75, 3.05) is 24.2 Å². The summed E-state index contributed by atoms with van der Waals surface area (Å²) in [6, 6.07) is 12.6. The Morgan fingerprint density at radius 3 is 2.26 bits per heavy atom. The summed E-state index contributed by atoms with van der Waals surface area (Å²) in [6.45, 7) is 5.33. The molecule has 2 amide bonds. The number of nitrogens with zero attached hydrogens (tertiary/aromatic N) is 2. The molecule has 0 radical (unpaired) electrons. The molecule has 0 spiro atoms. The highest BCUT2D eigenvalue weighted by Gasteiger charge is 2.32. The molecular weight excluding hydrogens is 490 g/mol. The van der Waals surface area contributed by atoms with Gasteiger partial charge in [0.15, 0.2) is 0 Å². The Kier molecular flexibility index (Phi) is 10.4. The molecule has 0 aliphatic rings. The lowest BCUT2D eigenvalue weighted by Gasteiger charge is -2.33. The maximum Gasteiger partial charge on any atom is 0.244 e. The minimum absolute atomic E-state index is 0.0616. The number of nitrogens with one attached hydrogen (secondary N) is 1. The lowest BCUT2D eigenvalue weighted by Crippen LogP contribution is -2.53. The van der Waals surface area contributed by atoms with Crippen molar-refractivity contribution in [1.82, 2.24) is 10.2 Å². The number of hydrogen-bond acceptors (Lipinski definition) is 5. The van der Waals surface area contributed by atoms with Crippen LogP contribution in [0, 0.1) is 0 Å². The molecule has 0 aliphatic heterocycles. The molecule has 192 valence electrons. The van der Waals surface area contributed by atoms with Gasteiger partial charge in [-0.3, -0.25) is 13.9 Å². The highest BCUT2D eigenvalue weighted by Crippen LogP contribution is 2.23. The first-order valence-corrected chi connectivity index (χ1v) is 13.7. The molecule has 0 saturated carbocycles. The van der Waals surface area contributed by atoms with E-state index in [0.29, 0.717) is 17.2 Å². The highest BCUT2D eigenvalue weighted by atomic mass is 35.5. The molecule has 0 bridgehead atoms. The van der Waals surface area contributed by atoms with E-state index in [2.05, 4.69) is 5.32 Å². The number of carbonyl (C=O) groups excluding carboxylic acids is 2. The lowest BCUT2D eigenvalue weighted by atomic mass is 10.1. The van der Waals surface area contributed by atoms with E-state index < -0.39 is 28.5 Å². The van der Waals surface area contributed by atoms with Crippen LogP contribution in [-0.4, -0.2) is 57.1 Å². The van der Waals surface area contributed by atoms with Crippen LogP contribution >= 0.6 is 11.6 Å². The molecule has 2 rings (SSSR count). The van der Waals surface area contributed by atoms with Crippen LogP contribution < -0.4 is 14.4 Å². The first kappa shape index (κ1) is 28.5. The van der Waals surface area contributed by atoms with Gasteiger partial charge >= 0.3 is 0 Å². The minimum Gasteiger partial charge on any atom is -0.497 e. The SMILES string of the molecule is CC[C@H](C)NC(=O)[C@H](CC)N(Cc1ccc(OC)cc1)C(=O)CN(c1cccc(Cl)c1)S(C)(=O)=O. The van der Waals surface area contributed by atoms with Crippen LogP contribution in [0.15, 0.2) is 48.5 Å². The molecule has 35 heavy (non-hydrogen) atoms. The second-order valence-corrected chi connectivity index (χ2v) is 10.7. The second kappa shape index (κ2) is 12.8. The Labute approximate surface area is 213 Å². The first-order chi connectivity index (χ1) is 16.5. The molecule has 2 aromatic carbocycles. The summed E-state index contributed by atoms with van der Waals surface area (Å²) in [6.07, 6.45) is 2.13. The molecule has 2 aromatic rings. The molecule has 0 unspecified atom stereocenters. The monoisotopic (exact) mass is 523 g/mol. The maximum atomic E-state index is 13.6. The van der Waals surface area contributed by atoms with Crippen LogP contribution in [0.4, 0.5) is 5.69 Å². The summed E-state index contributed by atoms with van der Waals surface area (Å²) in [4.78, 5) is 28.2. The third-order valence-electron chi connectivity index (χ3n) is 5.67. The third-order valence-corrected chi connectivity index (χ3v) is 7.05. The van der Waals surface area contributed by atoms with Crippen LogP contribution in [0.2, 0.25) is 5.02 Å². The molecule has 0 fully saturated rings. The number of ether oxygens (including phenoxy) is 1. The van der Waals surface area contributed by atoms with Crippen molar-refractivity contribution < 1.29 is 22.7 Å². The van der Waals surface area contributed by atoms with E-state index in [4.69, 9.17) is 16.3 Å². The fraction of sp³-hybridized carbons (Fsp3) is 0.440. The van der Waals surface area contributed by atoms with E-state index in [1.165, 1.54) is 11.0 Å². The maximum absolute atomic E-state index is 13.6. The van der Waals surface area contributed by atoms with E-state index in [1.807, 2.05) is 32.9 Å². The summed E-state index contributed by atoms with van der Waals surface area (Å²) < 4.78 is 31.4. The predicted molar refractivity (Wildman–Crippen MR) is 139 cm³/mol. The number of amides is 2. The van der Waals surface area contributed by atoms with Gasteiger partial charge < -0.3 is 15.0 Å². The van der Waals surface area contributed by atoms with Crippen molar-refractivity contribution in [3.05, 3.63) is 59.1 Å². The van der Waals surface area contributed by atoms with Crippen molar-refractivity contribution in [2.24, 2.45) is 0 Å². The number of methoxy groups -OCH3 is 1. The summed E-state index contributed by atoms with van der Waals surface area (Å²) in [5, 5.41) is 3.29. The molecule has 8 nitrogen and oxygen atoms in total. The van der Waals surface area contributed by atoms with E-state index in [1.54, 1.807) is 37.4 Å². The van der Waals surface area contributed by atoms with E-state index in [0.717, 1.165) is 22.5 Å². The number of rotatable bonds is 12. The first-order valence-electron chi connectivity index (χ1n) is 11.5. The van der Waals surface area contributed by atoms with Gasteiger partial charge in [-0.15, -0.1) is 0 Å². The summed E-state index contributed by atoms with van der Waals surface area (Å²) in [5.74, 6) is -0.118. The number of anilines is 1. The number of carbonyl (C=O) groups is 2. The zero-order valence-corrected chi connectivity index (χ0v) is 22.4. The Hall–Kier alpha value is -2.78. The van der Waals surface area contributed by atoms with Crippen LogP contribution in [0.5, 0.6) is 5.75 Å². The molecule has 0 heterocycles. The Balaban J connectivity index is 2.43. The topological polar surface area (TPSA) is 96.0 Å². The normalized spacial score (nSPS) is 13.0. The number of hydrogen-bond donors (Lipinski definition) is 1. The van der Waals surface area contributed by atoms with Gasteiger partial charge in [0.05, 0.1) is 19.1 Å². The molecule has 0 saturated heterocycles. The second-order valence-electron chi connectivity index (χ2n) is 8.36. The van der Waals surface area contributed by atoms with Gasteiger partial charge in [-0.1, -0.05) is 43.6 Å². The number of halogens is 1. The quantitative estimate of drug-likeness (QED) is 0.456. The molecule has 10 heteroatoms. The lowest BCUT2D eigenvalue weighted by molar-refractivity contribution is -0.140. The minimum atomic E-state index is -3.81. The van der Waals surface area contributed by atoms with Crippen molar-refractivity contribution in [2.45, 2.75) is 52.2 Å². The molecule has 0 aromatic heterocycles. The largest absolute Gasteiger partial charge is 0.497 e. The average Bonchev–Trinajstić information content (AvgIpc) is 2.81. The fourth-order valence-corrected chi connectivity index (χ4v) is 4.56. The fourth-order valence-electron chi connectivity index (χ4n) is 3.53. The Morgan fingerprint density at radius 1 is 1.09 bits per heavy atom. The van der Waals surface area contributed by atoms with Gasteiger partial charge in [-0.25, -0.2) is 8.42 Å². The standard InChI is InChI=1S/C25H34ClN3O5S/c1-6-18(3)27-25(31)23(7-2)28(16-19-11-13-22(34-4)14-12-19)24(30)17-29(35(5,32)33)21-10-8-9-20(26)15-21/h8-15,18,23H,6-7,16-17H2,1-5H3,(H,27,31)/t18-,23-/m0/s1. The van der Waals surface area contributed by atoms with E-state index in [-0.39, 0.29) is 24.2 Å². The summed E-state index contributed by atoms with van der Waals surface area (Å²) in [7, 11) is -2.25. The van der Waals surface area contributed by atoms with Gasteiger partial charge in [0, 0.05) is 17.6 Å². The molecule has 1 N–H and O–H groups in total. The van der Waals surface area contributed by atoms with Gasteiger partial charge in [0.1, 0.15) is 18.3 Å². The van der Waals surface area contributed by atoms with Gasteiger partial charge in [-0.2, -0.15) is 0 Å². The van der Waals surface area contributed by atoms with Crippen molar-refractivity contribution >= 4 is 39.1 Å². The Bertz CT molecular complexity index is 1110. The zero-order valence-electron chi connectivity index (χ0n) is 20.8. The van der Waals surface area contributed by atoms with E-state index >= 15 is 0 Å². The van der Waals surface area contributed by atoms with Gasteiger partial charge in [-0.05, 0) is 55.7 Å². The van der Waals surface area contributed by atoms with Crippen molar-refractivity contribution in [3.63, 3.8) is 0 Å². The number of sulfonamides is 1. The Morgan fingerprint density at radius 2 is 1.74 bits per heavy atom. The summed E-state index contributed by atoms with van der Waals surface area (Å²) >= 11 is 6.07. The molecule has 0 aliphatic carbocycles. The van der Waals surface area contributed by atoms with Gasteiger partial charge in [0.25, 0.3) is 0 Å². The van der Waals surface area contributed by atoms with Crippen molar-refractivity contribution in [3.8, 4) is 5.75 Å². The molecule has 2 atom stereocenters. The van der Waals surface area contributed by atoms with E-state index in [9.17, 15) is 18.0 Å². The average molecular weight is 524 g/mol.